The Labute approximate surface area is 144 Å². The van der Waals surface area contributed by atoms with Crippen LogP contribution in [0.15, 0.2) is 22.7 Å². The van der Waals surface area contributed by atoms with E-state index in [-0.39, 0.29) is 12.2 Å². The lowest BCUT2D eigenvalue weighted by atomic mass is 9.94. The average Bonchev–Trinajstić information content (AvgIpc) is 2.44. The molecule has 0 spiro atoms. The molecule has 0 N–H and O–H groups in total. The molecule has 1 saturated heterocycles. The summed E-state index contributed by atoms with van der Waals surface area (Å²) in [7, 11) is 0. The van der Waals surface area contributed by atoms with Crippen LogP contribution in [0.2, 0.25) is 0 Å². The number of benzene rings is 1. The molecule has 1 aromatic carbocycles. The van der Waals surface area contributed by atoms with Crippen molar-refractivity contribution >= 4 is 27.8 Å². The van der Waals surface area contributed by atoms with Gasteiger partial charge in [-0.2, -0.15) is 0 Å². The van der Waals surface area contributed by atoms with Crippen molar-refractivity contribution in [1.29, 1.82) is 0 Å². The van der Waals surface area contributed by atoms with Gasteiger partial charge in [-0.05, 0) is 54.8 Å². The van der Waals surface area contributed by atoms with E-state index in [0.717, 1.165) is 0 Å². The van der Waals surface area contributed by atoms with Gasteiger partial charge in [0.05, 0.1) is 10.5 Å². The van der Waals surface area contributed by atoms with Crippen LogP contribution in [0.25, 0.3) is 0 Å². The number of carbonyl (C=O) groups is 2. The van der Waals surface area contributed by atoms with E-state index in [1.54, 1.807) is 39.0 Å². The molecule has 0 radical (unpaired) electrons. The van der Waals surface area contributed by atoms with Gasteiger partial charge in [0.1, 0.15) is 11.4 Å². The number of piperidine rings is 1. The Morgan fingerprint density at radius 1 is 1.43 bits per heavy atom. The number of nitrogens with zero attached hydrogens (tertiary/aromatic N) is 1. The Hall–Kier alpha value is -1.43. The molecule has 23 heavy (non-hydrogen) atoms. The SMILES string of the molecule is CC(C)(C)OC(=O)N1CCCC(=O)C1Cc1cccc(Br)c1F. The van der Waals surface area contributed by atoms with Gasteiger partial charge in [-0.25, -0.2) is 9.18 Å². The van der Waals surface area contributed by atoms with Crippen LogP contribution < -0.4 is 0 Å². The fraction of sp³-hybridized carbons (Fsp3) is 0.529. The van der Waals surface area contributed by atoms with E-state index in [9.17, 15) is 14.0 Å². The monoisotopic (exact) mass is 385 g/mol. The van der Waals surface area contributed by atoms with Crippen molar-refractivity contribution in [3.8, 4) is 0 Å². The fourth-order valence-corrected chi connectivity index (χ4v) is 3.00. The number of likely N-dealkylation sites (tertiary alicyclic amines) is 1. The number of ketones is 1. The second-order valence-electron chi connectivity index (χ2n) is 6.68. The summed E-state index contributed by atoms with van der Waals surface area (Å²) < 4.78 is 19.9. The molecular weight excluding hydrogens is 365 g/mol. The Balaban J connectivity index is 2.22. The van der Waals surface area contributed by atoms with Crippen molar-refractivity contribution < 1.29 is 18.7 Å². The molecule has 1 fully saturated rings. The van der Waals surface area contributed by atoms with Gasteiger partial charge in [-0.15, -0.1) is 0 Å². The fourth-order valence-electron chi connectivity index (χ4n) is 2.60. The molecule has 0 aromatic heterocycles. The number of hydrogen-bond donors (Lipinski definition) is 0. The molecule has 1 unspecified atom stereocenters. The highest BCUT2D eigenvalue weighted by atomic mass is 79.9. The van der Waals surface area contributed by atoms with Crippen LogP contribution in [0.5, 0.6) is 0 Å². The normalized spacial score (nSPS) is 18.9. The highest BCUT2D eigenvalue weighted by Crippen LogP contribution is 2.25. The molecule has 1 heterocycles. The summed E-state index contributed by atoms with van der Waals surface area (Å²) in [5.74, 6) is -0.448. The van der Waals surface area contributed by atoms with Gasteiger partial charge < -0.3 is 4.74 Å². The topological polar surface area (TPSA) is 46.6 Å². The van der Waals surface area contributed by atoms with E-state index in [1.807, 2.05) is 0 Å². The molecule has 1 atom stereocenters. The van der Waals surface area contributed by atoms with Gasteiger partial charge in [0.15, 0.2) is 5.78 Å². The summed E-state index contributed by atoms with van der Waals surface area (Å²) in [6.07, 6.45) is 0.643. The number of rotatable bonds is 2. The smallest absolute Gasteiger partial charge is 0.410 e. The van der Waals surface area contributed by atoms with Crippen LogP contribution in [0, 0.1) is 5.82 Å². The van der Waals surface area contributed by atoms with E-state index < -0.39 is 23.6 Å². The first-order valence-corrected chi connectivity index (χ1v) is 8.43. The highest BCUT2D eigenvalue weighted by molar-refractivity contribution is 9.10. The number of carbonyl (C=O) groups excluding carboxylic acids is 2. The van der Waals surface area contributed by atoms with Crippen LogP contribution in [0.1, 0.15) is 39.2 Å². The molecule has 1 aliphatic heterocycles. The second-order valence-corrected chi connectivity index (χ2v) is 7.53. The summed E-state index contributed by atoms with van der Waals surface area (Å²) in [4.78, 5) is 26.1. The number of ether oxygens (including phenoxy) is 1. The molecule has 0 aliphatic carbocycles. The lowest BCUT2D eigenvalue weighted by Gasteiger charge is -2.35. The van der Waals surface area contributed by atoms with Gasteiger partial charge in [-0.1, -0.05) is 12.1 Å². The molecule has 126 valence electrons. The molecule has 0 saturated carbocycles. The third kappa shape index (κ3) is 4.53. The Morgan fingerprint density at radius 2 is 2.13 bits per heavy atom. The Kier molecular flexibility index (Phi) is 5.45. The number of Topliss-reactive ketones (excluding diaryl/α,β-unsaturated/α-hetero) is 1. The number of amides is 1. The standard InChI is InChI=1S/C17H21BrFNO3/c1-17(2,3)23-16(22)20-9-5-8-14(21)13(20)10-11-6-4-7-12(18)15(11)19/h4,6-7,13H,5,8-10H2,1-3H3. The summed E-state index contributed by atoms with van der Waals surface area (Å²) in [6, 6.07) is 4.28. The highest BCUT2D eigenvalue weighted by Gasteiger charge is 2.36. The van der Waals surface area contributed by atoms with Gasteiger partial charge in [0.25, 0.3) is 0 Å². The van der Waals surface area contributed by atoms with Gasteiger partial charge in [-0.3, -0.25) is 9.69 Å². The van der Waals surface area contributed by atoms with Crippen molar-refractivity contribution in [2.75, 3.05) is 6.54 Å². The maximum Gasteiger partial charge on any atom is 0.410 e. The second kappa shape index (κ2) is 6.99. The summed E-state index contributed by atoms with van der Waals surface area (Å²) in [5, 5.41) is 0. The van der Waals surface area contributed by atoms with Gasteiger partial charge in [0.2, 0.25) is 0 Å². The van der Waals surface area contributed by atoms with Crippen LogP contribution >= 0.6 is 15.9 Å². The molecule has 0 bridgehead atoms. The molecule has 1 aromatic rings. The van der Waals surface area contributed by atoms with Gasteiger partial charge >= 0.3 is 6.09 Å². The third-order valence-corrected chi connectivity index (χ3v) is 4.26. The van der Waals surface area contributed by atoms with Crippen LogP contribution in [0.3, 0.4) is 0 Å². The quantitative estimate of drug-likeness (QED) is 0.769. The van der Waals surface area contributed by atoms with Gasteiger partial charge in [0, 0.05) is 19.4 Å². The minimum Gasteiger partial charge on any atom is -0.444 e. The van der Waals surface area contributed by atoms with Crippen LogP contribution in [-0.4, -0.2) is 35.0 Å². The van der Waals surface area contributed by atoms with Crippen LogP contribution in [0.4, 0.5) is 9.18 Å². The predicted octanol–water partition coefficient (Wildman–Crippen LogP) is 4.10. The lowest BCUT2D eigenvalue weighted by molar-refractivity contribution is -0.126. The Bertz CT molecular complexity index is 612. The van der Waals surface area contributed by atoms with Crippen molar-refractivity contribution in [3.63, 3.8) is 0 Å². The maximum absolute atomic E-state index is 14.2. The van der Waals surface area contributed by atoms with Crippen molar-refractivity contribution in [2.45, 2.75) is 51.7 Å². The zero-order valence-corrected chi connectivity index (χ0v) is 15.2. The maximum atomic E-state index is 14.2. The molecular formula is C17H21BrFNO3. The van der Waals surface area contributed by atoms with Crippen molar-refractivity contribution in [1.82, 2.24) is 4.90 Å². The number of halogens is 2. The first-order valence-electron chi connectivity index (χ1n) is 7.64. The van der Waals surface area contributed by atoms with E-state index in [2.05, 4.69) is 15.9 Å². The molecule has 1 amide bonds. The molecule has 2 rings (SSSR count). The van der Waals surface area contributed by atoms with Crippen LogP contribution in [-0.2, 0) is 16.0 Å². The zero-order valence-electron chi connectivity index (χ0n) is 13.6. The lowest BCUT2D eigenvalue weighted by Crippen LogP contribution is -2.51. The van der Waals surface area contributed by atoms with E-state index in [1.165, 1.54) is 4.90 Å². The van der Waals surface area contributed by atoms with E-state index in [0.29, 0.717) is 29.4 Å². The minimum atomic E-state index is -0.678. The van der Waals surface area contributed by atoms with Crippen molar-refractivity contribution in [3.05, 3.63) is 34.1 Å². The minimum absolute atomic E-state index is 0.0542. The molecule has 6 heteroatoms. The average molecular weight is 386 g/mol. The first-order chi connectivity index (χ1) is 10.7. The first kappa shape index (κ1) is 17.9. The molecule has 1 aliphatic rings. The van der Waals surface area contributed by atoms with Crippen molar-refractivity contribution in [2.24, 2.45) is 0 Å². The van der Waals surface area contributed by atoms with E-state index in [4.69, 9.17) is 4.74 Å². The summed E-state index contributed by atoms with van der Waals surface area (Å²) in [6.45, 7) is 5.78. The largest absolute Gasteiger partial charge is 0.444 e. The third-order valence-electron chi connectivity index (χ3n) is 3.64. The summed E-state index contributed by atoms with van der Waals surface area (Å²) in [5.41, 5.74) is -0.225. The zero-order chi connectivity index (χ0) is 17.2. The number of hydrogen-bond acceptors (Lipinski definition) is 3. The predicted molar refractivity (Wildman–Crippen MR) is 88.8 cm³/mol. The summed E-state index contributed by atoms with van der Waals surface area (Å²) >= 11 is 3.14. The van der Waals surface area contributed by atoms with E-state index >= 15 is 0 Å². The molecule has 4 nitrogen and oxygen atoms in total. The Morgan fingerprint density at radius 3 is 2.78 bits per heavy atom.